The number of fused-ring (bicyclic) bond motifs is 1. The molecule has 3 nitrogen and oxygen atoms in total. The van der Waals surface area contributed by atoms with Crippen molar-refractivity contribution in [2.45, 2.75) is 13.3 Å². The number of benzene rings is 1. The number of nitrogens with zero attached hydrogens (tertiary/aromatic N) is 1. The molecule has 3 N–H and O–H groups in total. The van der Waals surface area contributed by atoms with Gasteiger partial charge in [0.25, 0.3) is 0 Å². The molecule has 0 aliphatic rings. The van der Waals surface area contributed by atoms with Gasteiger partial charge in [0, 0.05) is 16.9 Å². The zero-order valence-electron chi connectivity index (χ0n) is 9.23. The highest BCUT2D eigenvalue weighted by Gasteiger charge is 1.98. The molecule has 0 unspecified atom stereocenters. The number of rotatable bonds is 3. The van der Waals surface area contributed by atoms with Gasteiger partial charge in [0.2, 0.25) is 0 Å². The van der Waals surface area contributed by atoms with Crippen molar-refractivity contribution in [3.63, 3.8) is 0 Å². The van der Waals surface area contributed by atoms with E-state index >= 15 is 0 Å². The van der Waals surface area contributed by atoms with E-state index < -0.39 is 0 Å². The zero-order chi connectivity index (χ0) is 11.4. The number of anilines is 1. The van der Waals surface area contributed by atoms with Gasteiger partial charge in [-0.15, -0.1) is 11.3 Å². The van der Waals surface area contributed by atoms with Crippen LogP contribution in [0.4, 0.5) is 5.69 Å². The number of nitrogens with one attached hydrogen (secondary N) is 1. The number of guanidine groups is 1. The second kappa shape index (κ2) is 4.99. The maximum atomic E-state index is 5.75. The van der Waals surface area contributed by atoms with Crippen LogP contribution in [0, 0.1) is 0 Å². The van der Waals surface area contributed by atoms with Crippen LogP contribution in [0.15, 0.2) is 34.6 Å². The Kier molecular flexibility index (Phi) is 3.41. The van der Waals surface area contributed by atoms with E-state index in [0.29, 0.717) is 5.96 Å². The van der Waals surface area contributed by atoms with Crippen LogP contribution in [-0.2, 0) is 0 Å². The number of thiophene rings is 1. The smallest absolute Gasteiger partial charge is 0.193 e. The van der Waals surface area contributed by atoms with Crippen molar-refractivity contribution in [2.24, 2.45) is 10.7 Å². The molecule has 1 heterocycles. The summed E-state index contributed by atoms with van der Waals surface area (Å²) in [7, 11) is 0. The average Bonchev–Trinajstić information content (AvgIpc) is 2.73. The van der Waals surface area contributed by atoms with Crippen LogP contribution < -0.4 is 11.1 Å². The summed E-state index contributed by atoms with van der Waals surface area (Å²) in [6.45, 7) is 2.84. The van der Waals surface area contributed by atoms with Gasteiger partial charge in [-0.1, -0.05) is 6.92 Å². The first-order valence-corrected chi connectivity index (χ1v) is 6.22. The Hall–Kier alpha value is -1.55. The fourth-order valence-electron chi connectivity index (χ4n) is 1.46. The van der Waals surface area contributed by atoms with Gasteiger partial charge in [0.05, 0.1) is 0 Å². The third-order valence-corrected chi connectivity index (χ3v) is 3.13. The van der Waals surface area contributed by atoms with Crippen molar-refractivity contribution >= 4 is 33.1 Å². The van der Waals surface area contributed by atoms with Crippen molar-refractivity contribution in [1.82, 2.24) is 0 Å². The predicted molar refractivity (Wildman–Crippen MR) is 72.2 cm³/mol. The Morgan fingerprint density at radius 3 is 3.12 bits per heavy atom. The first-order valence-electron chi connectivity index (χ1n) is 5.34. The molecule has 0 radical (unpaired) electrons. The minimum atomic E-state index is 0.483. The molecule has 0 aliphatic heterocycles. The fraction of sp³-hybridized carbons (Fsp3) is 0.250. The van der Waals surface area contributed by atoms with E-state index in [0.717, 1.165) is 18.7 Å². The van der Waals surface area contributed by atoms with Crippen molar-refractivity contribution < 1.29 is 0 Å². The molecule has 0 saturated carbocycles. The van der Waals surface area contributed by atoms with Gasteiger partial charge < -0.3 is 11.1 Å². The highest BCUT2D eigenvalue weighted by atomic mass is 32.1. The van der Waals surface area contributed by atoms with E-state index in [-0.39, 0.29) is 0 Å². The maximum Gasteiger partial charge on any atom is 0.193 e. The Balaban J connectivity index is 2.14. The van der Waals surface area contributed by atoms with E-state index in [2.05, 4.69) is 40.8 Å². The number of hydrogen-bond donors (Lipinski definition) is 2. The molecule has 0 spiro atoms. The van der Waals surface area contributed by atoms with Crippen LogP contribution in [0.25, 0.3) is 10.1 Å². The molecule has 16 heavy (non-hydrogen) atoms. The largest absolute Gasteiger partial charge is 0.370 e. The minimum Gasteiger partial charge on any atom is -0.370 e. The Morgan fingerprint density at radius 2 is 2.31 bits per heavy atom. The van der Waals surface area contributed by atoms with Gasteiger partial charge in [-0.25, -0.2) is 0 Å². The van der Waals surface area contributed by atoms with Gasteiger partial charge in [-0.05, 0) is 41.5 Å². The Labute approximate surface area is 99.0 Å². The molecule has 4 heteroatoms. The summed E-state index contributed by atoms with van der Waals surface area (Å²) >= 11 is 1.74. The summed E-state index contributed by atoms with van der Waals surface area (Å²) in [5.74, 6) is 0.483. The summed E-state index contributed by atoms with van der Waals surface area (Å²) in [6.07, 6.45) is 1.01. The summed E-state index contributed by atoms with van der Waals surface area (Å²) in [5.41, 5.74) is 6.74. The van der Waals surface area contributed by atoms with E-state index in [1.807, 2.05) is 6.07 Å². The van der Waals surface area contributed by atoms with Crippen molar-refractivity contribution in [3.8, 4) is 0 Å². The van der Waals surface area contributed by atoms with Gasteiger partial charge in [-0.3, -0.25) is 4.99 Å². The van der Waals surface area contributed by atoms with Gasteiger partial charge in [-0.2, -0.15) is 0 Å². The Bertz CT molecular complexity index is 502. The van der Waals surface area contributed by atoms with Gasteiger partial charge >= 0.3 is 0 Å². The Morgan fingerprint density at radius 1 is 1.44 bits per heavy atom. The van der Waals surface area contributed by atoms with Crippen LogP contribution in [0.3, 0.4) is 0 Å². The quantitative estimate of drug-likeness (QED) is 0.632. The molecular formula is C12H15N3S. The van der Waals surface area contributed by atoms with E-state index in [9.17, 15) is 0 Å². The van der Waals surface area contributed by atoms with E-state index in [1.54, 1.807) is 11.3 Å². The third-order valence-electron chi connectivity index (χ3n) is 2.23. The second-order valence-electron chi connectivity index (χ2n) is 3.57. The molecule has 1 aromatic heterocycles. The molecule has 1 aromatic carbocycles. The zero-order valence-corrected chi connectivity index (χ0v) is 10.1. The third kappa shape index (κ3) is 2.52. The number of hydrogen-bond acceptors (Lipinski definition) is 2. The second-order valence-corrected chi connectivity index (χ2v) is 4.51. The van der Waals surface area contributed by atoms with Crippen LogP contribution in [0.1, 0.15) is 13.3 Å². The molecule has 0 atom stereocenters. The highest BCUT2D eigenvalue weighted by molar-refractivity contribution is 7.17. The first kappa shape index (κ1) is 11.0. The predicted octanol–water partition coefficient (Wildman–Crippen LogP) is 3.04. The lowest BCUT2D eigenvalue weighted by molar-refractivity contribution is 0.929. The van der Waals surface area contributed by atoms with E-state index in [4.69, 9.17) is 5.73 Å². The summed E-state index contributed by atoms with van der Waals surface area (Å²) < 4.78 is 1.29. The standard InChI is InChI=1S/C12H15N3S/c1-2-6-14-12(13)15-10-3-4-11-9(8-10)5-7-16-11/h3-5,7-8H,2,6H2,1H3,(H3,13,14,15). The lowest BCUT2D eigenvalue weighted by Gasteiger charge is -2.05. The monoisotopic (exact) mass is 233 g/mol. The normalized spacial score (nSPS) is 11.9. The van der Waals surface area contributed by atoms with Crippen molar-refractivity contribution in [3.05, 3.63) is 29.6 Å². The van der Waals surface area contributed by atoms with Crippen LogP contribution >= 0.6 is 11.3 Å². The van der Waals surface area contributed by atoms with Crippen LogP contribution in [-0.4, -0.2) is 12.5 Å². The minimum absolute atomic E-state index is 0.483. The molecule has 0 amide bonds. The number of nitrogens with two attached hydrogens (primary N) is 1. The molecule has 0 bridgehead atoms. The molecule has 0 fully saturated rings. The summed E-state index contributed by atoms with van der Waals surface area (Å²) in [4.78, 5) is 4.19. The van der Waals surface area contributed by atoms with Crippen molar-refractivity contribution in [2.75, 3.05) is 11.9 Å². The summed E-state index contributed by atoms with van der Waals surface area (Å²) in [6, 6.07) is 8.30. The topological polar surface area (TPSA) is 50.4 Å². The van der Waals surface area contributed by atoms with Crippen LogP contribution in [0.5, 0.6) is 0 Å². The van der Waals surface area contributed by atoms with Gasteiger partial charge in [0.1, 0.15) is 0 Å². The van der Waals surface area contributed by atoms with Crippen LogP contribution in [0.2, 0.25) is 0 Å². The molecule has 0 saturated heterocycles. The molecule has 84 valence electrons. The molecular weight excluding hydrogens is 218 g/mol. The highest BCUT2D eigenvalue weighted by Crippen LogP contribution is 2.23. The van der Waals surface area contributed by atoms with E-state index in [1.165, 1.54) is 10.1 Å². The maximum absolute atomic E-state index is 5.75. The van der Waals surface area contributed by atoms with Crippen molar-refractivity contribution in [1.29, 1.82) is 0 Å². The molecule has 2 aromatic rings. The first-order chi connectivity index (χ1) is 7.79. The molecule has 2 rings (SSSR count). The average molecular weight is 233 g/mol. The molecule has 0 aliphatic carbocycles. The van der Waals surface area contributed by atoms with Gasteiger partial charge in [0.15, 0.2) is 5.96 Å². The SMILES string of the molecule is CCCN=C(N)Nc1ccc2sccc2c1. The summed E-state index contributed by atoms with van der Waals surface area (Å²) in [5, 5.41) is 6.41. The number of aliphatic imine (C=N–C) groups is 1. The lowest BCUT2D eigenvalue weighted by atomic mass is 10.2. The fourth-order valence-corrected chi connectivity index (χ4v) is 2.23. The lowest BCUT2D eigenvalue weighted by Crippen LogP contribution is -2.22.